The van der Waals surface area contributed by atoms with Crippen LogP contribution in [0.5, 0.6) is 0 Å². The number of halogens is 1. The third kappa shape index (κ3) is 4.54. The van der Waals surface area contributed by atoms with Crippen molar-refractivity contribution in [2.24, 2.45) is 5.92 Å². The van der Waals surface area contributed by atoms with Crippen molar-refractivity contribution in [3.05, 3.63) is 41.5 Å². The lowest BCUT2D eigenvalue weighted by atomic mass is 9.99. The third-order valence-electron chi connectivity index (χ3n) is 5.55. The molecule has 6 nitrogen and oxygen atoms in total. The molecule has 0 atom stereocenters. The van der Waals surface area contributed by atoms with Gasteiger partial charge in [0, 0.05) is 23.9 Å². The van der Waals surface area contributed by atoms with Crippen LogP contribution in [-0.4, -0.2) is 44.2 Å². The van der Waals surface area contributed by atoms with Crippen LogP contribution in [0.3, 0.4) is 0 Å². The van der Waals surface area contributed by atoms with Crippen LogP contribution in [0.4, 0.5) is 10.2 Å². The number of carbonyl (C=O) groups is 1. The summed E-state index contributed by atoms with van der Waals surface area (Å²) in [4.78, 5) is 19.5. The normalized spacial score (nSPS) is 15.0. The van der Waals surface area contributed by atoms with Crippen LogP contribution >= 0.6 is 23.1 Å². The summed E-state index contributed by atoms with van der Waals surface area (Å²) in [5, 5.41) is 15.5. The van der Waals surface area contributed by atoms with Crippen molar-refractivity contribution in [3.63, 3.8) is 0 Å². The van der Waals surface area contributed by atoms with Gasteiger partial charge in [0.2, 0.25) is 5.13 Å². The molecule has 3 aromatic rings. The maximum absolute atomic E-state index is 13.9. The summed E-state index contributed by atoms with van der Waals surface area (Å²) in [6.07, 6.45) is 2.23. The molecule has 32 heavy (non-hydrogen) atoms. The number of anilines is 1. The van der Waals surface area contributed by atoms with Crippen molar-refractivity contribution in [3.8, 4) is 16.3 Å². The van der Waals surface area contributed by atoms with Gasteiger partial charge in [-0.05, 0) is 43.4 Å². The zero-order chi connectivity index (χ0) is 23.0. The topological polar surface area (TPSA) is 71.2 Å². The van der Waals surface area contributed by atoms with Gasteiger partial charge < -0.3 is 10.0 Å². The second kappa shape index (κ2) is 9.23. The first-order valence-electron chi connectivity index (χ1n) is 10.8. The van der Waals surface area contributed by atoms with E-state index in [9.17, 15) is 14.3 Å². The number of thioether (sulfide) groups is 1. The van der Waals surface area contributed by atoms with Gasteiger partial charge in [-0.3, -0.25) is 0 Å². The molecule has 0 amide bonds. The van der Waals surface area contributed by atoms with E-state index in [0.717, 1.165) is 36.0 Å². The van der Waals surface area contributed by atoms with E-state index in [1.54, 1.807) is 30.8 Å². The van der Waals surface area contributed by atoms with E-state index in [-0.39, 0.29) is 5.69 Å². The molecule has 4 rings (SSSR count). The highest BCUT2D eigenvalue weighted by atomic mass is 32.2. The van der Waals surface area contributed by atoms with E-state index < -0.39 is 11.8 Å². The second-order valence-electron chi connectivity index (χ2n) is 8.48. The average Bonchev–Trinajstić information content (AvgIpc) is 3.29. The van der Waals surface area contributed by atoms with E-state index in [1.165, 1.54) is 28.2 Å². The van der Waals surface area contributed by atoms with Gasteiger partial charge in [-0.25, -0.2) is 9.18 Å². The fraction of sp³-hybridized carbons (Fsp3) is 0.435. The van der Waals surface area contributed by atoms with Gasteiger partial charge in [0.15, 0.2) is 11.5 Å². The third-order valence-corrected chi connectivity index (χ3v) is 7.77. The van der Waals surface area contributed by atoms with Gasteiger partial charge >= 0.3 is 5.97 Å². The Morgan fingerprint density at radius 2 is 2.03 bits per heavy atom. The number of rotatable bonds is 6. The number of hydrogen-bond acceptors (Lipinski definition) is 6. The molecular formula is C23H27FN4O2S2. The first-order valence-corrected chi connectivity index (χ1v) is 12.5. The van der Waals surface area contributed by atoms with Crippen molar-refractivity contribution < 1.29 is 14.3 Å². The highest BCUT2D eigenvalue weighted by molar-refractivity contribution is 8.01. The Hall–Kier alpha value is -2.39. The van der Waals surface area contributed by atoms with Crippen molar-refractivity contribution in [1.82, 2.24) is 14.8 Å². The van der Waals surface area contributed by atoms with Crippen molar-refractivity contribution in [2.75, 3.05) is 18.0 Å². The standard InChI is InChI=1S/C23H27FN4O2S2/c1-13(2)31-22-20(27-10-8-14(3)9-11-27)25-23(32-22)28-19(21(29)30)18(15(4)26-28)16-6-5-7-17(24)12-16/h5-7,12-14H,8-11H2,1-4H3,(H,29,30). The number of nitrogens with zero attached hydrogens (tertiary/aromatic N) is 4. The monoisotopic (exact) mass is 474 g/mol. The predicted octanol–water partition coefficient (Wildman–Crippen LogP) is 5.88. The number of thiazole rings is 1. The first-order chi connectivity index (χ1) is 15.2. The predicted molar refractivity (Wildman–Crippen MR) is 128 cm³/mol. The Morgan fingerprint density at radius 3 is 2.66 bits per heavy atom. The molecule has 1 fully saturated rings. The number of aromatic nitrogens is 3. The Kier molecular flexibility index (Phi) is 6.57. The van der Waals surface area contributed by atoms with Crippen LogP contribution in [-0.2, 0) is 0 Å². The molecule has 1 aliphatic rings. The molecule has 0 bridgehead atoms. The number of aromatic carboxylic acids is 1. The van der Waals surface area contributed by atoms with Gasteiger partial charge in [0.25, 0.3) is 0 Å². The van der Waals surface area contributed by atoms with E-state index >= 15 is 0 Å². The van der Waals surface area contributed by atoms with E-state index in [1.807, 2.05) is 0 Å². The summed E-state index contributed by atoms with van der Waals surface area (Å²) < 4.78 is 16.3. The van der Waals surface area contributed by atoms with E-state index in [2.05, 4.69) is 30.8 Å². The zero-order valence-corrected chi connectivity index (χ0v) is 20.3. The van der Waals surface area contributed by atoms with Gasteiger partial charge in [0.05, 0.1) is 5.69 Å². The number of benzene rings is 1. The Labute approximate surface area is 195 Å². The molecule has 0 radical (unpaired) electrons. The Morgan fingerprint density at radius 1 is 1.31 bits per heavy atom. The number of carboxylic acids is 1. The molecule has 1 N–H and O–H groups in total. The van der Waals surface area contributed by atoms with Gasteiger partial charge in [-0.15, -0.1) is 11.8 Å². The minimum Gasteiger partial charge on any atom is -0.476 e. The molecule has 1 aliphatic heterocycles. The summed E-state index contributed by atoms with van der Waals surface area (Å²) in [6.45, 7) is 10.2. The summed E-state index contributed by atoms with van der Waals surface area (Å²) in [6, 6.07) is 5.95. The van der Waals surface area contributed by atoms with Gasteiger partial charge in [0.1, 0.15) is 10.0 Å². The molecule has 0 spiro atoms. The van der Waals surface area contributed by atoms with Crippen LogP contribution in [0.25, 0.3) is 16.3 Å². The highest BCUT2D eigenvalue weighted by Gasteiger charge is 2.28. The lowest BCUT2D eigenvalue weighted by Gasteiger charge is -2.31. The molecule has 2 aromatic heterocycles. The smallest absolute Gasteiger partial charge is 0.355 e. The maximum Gasteiger partial charge on any atom is 0.355 e. The molecule has 170 valence electrons. The minimum absolute atomic E-state index is 0.00163. The maximum atomic E-state index is 13.9. The van der Waals surface area contributed by atoms with Crippen molar-refractivity contribution in [2.45, 2.75) is 50.0 Å². The zero-order valence-electron chi connectivity index (χ0n) is 18.6. The number of carboxylic acid groups (broad SMARTS) is 1. The van der Waals surface area contributed by atoms with Crippen molar-refractivity contribution in [1.29, 1.82) is 0 Å². The van der Waals surface area contributed by atoms with Crippen LogP contribution < -0.4 is 4.90 Å². The van der Waals surface area contributed by atoms with Crippen molar-refractivity contribution >= 4 is 34.9 Å². The van der Waals surface area contributed by atoms with Crippen LogP contribution in [0.15, 0.2) is 28.5 Å². The highest BCUT2D eigenvalue weighted by Crippen LogP contribution is 2.41. The first kappa shape index (κ1) is 22.8. The fourth-order valence-corrected chi connectivity index (χ4v) is 6.43. The number of hydrogen-bond donors (Lipinski definition) is 1. The average molecular weight is 475 g/mol. The molecular weight excluding hydrogens is 447 g/mol. The fourth-order valence-electron chi connectivity index (χ4n) is 3.94. The lowest BCUT2D eigenvalue weighted by molar-refractivity contribution is 0.0688. The Bertz CT molecular complexity index is 1130. The van der Waals surface area contributed by atoms with Gasteiger partial charge in [-0.2, -0.15) is 14.8 Å². The Balaban J connectivity index is 1.83. The summed E-state index contributed by atoms with van der Waals surface area (Å²) in [5.74, 6) is 0.0723. The summed E-state index contributed by atoms with van der Waals surface area (Å²) >= 11 is 3.20. The number of aryl methyl sites for hydroxylation is 1. The molecule has 0 saturated carbocycles. The quantitative estimate of drug-likeness (QED) is 0.450. The van der Waals surface area contributed by atoms with Crippen LogP contribution in [0, 0.1) is 18.7 Å². The molecule has 0 unspecified atom stereocenters. The SMILES string of the molecule is Cc1nn(-c2nc(N3CCC(C)CC3)c(SC(C)C)s2)c(C(=O)O)c1-c1cccc(F)c1. The molecule has 1 aromatic carbocycles. The summed E-state index contributed by atoms with van der Waals surface area (Å²) in [7, 11) is 0. The van der Waals surface area contributed by atoms with E-state index in [4.69, 9.17) is 4.98 Å². The van der Waals surface area contributed by atoms with Crippen LogP contribution in [0.2, 0.25) is 0 Å². The molecule has 0 aliphatic carbocycles. The summed E-state index contributed by atoms with van der Waals surface area (Å²) in [5.41, 5.74) is 1.43. The second-order valence-corrected chi connectivity index (χ2v) is 11.3. The minimum atomic E-state index is -1.12. The van der Waals surface area contributed by atoms with Gasteiger partial charge in [-0.1, -0.05) is 44.2 Å². The van der Waals surface area contributed by atoms with E-state index in [0.29, 0.717) is 33.1 Å². The van der Waals surface area contributed by atoms with Crippen LogP contribution in [0.1, 0.15) is 49.8 Å². The largest absolute Gasteiger partial charge is 0.476 e. The lowest BCUT2D eigenvalue weighted by Crippen LogP contribution is -2.33. The number of piperidine rings is 1. The molecule has 9 heteroatoms. The molecule has 3 heterocycles. The molecule has 1 saturated heterocycles.